The molecule has 0 spiro atoms. The van der Waals surface area contributed by atoms with Crippen LogP contribution in [0.4, 0.5) is 0 Å². The van der Waals surface area contributed by atoms with Crippen LogP contribution in [0.1, 0.15) is 96.8 Å². The lowest BCUT2D eigenvalue weighted by Gasteiger charge is -2.07. The predicted molar refractivity (Wildman–Crippen MR) is 116 cm³/mol. The van der Waals surface area contributed by atoms with Gasteiger partial charge in [0.05, 0.1) is 0 Å². The van der Waals surface area contributed by atoms with Gasteiger partial charge in [0.1, 0.15) is 0 Å². The van der Waals surface area contributed by atoms with Crippen LogP contribution in [-0.2, 0) is 0 Å². The molecule has 2 aromatic rings. The van der Waals surface area contributed by atoms with Crippen LogP contribution in [0.25, 0.3) is 0 Å². The van der Waals surface area contributed by atoms with Crippen LogP contribution in [-0.4, -0.2) is 4.98 Å². The maximum atomic E-state index is 3.96. The molecule has 0 bridgehead atoms. The molecule has 0 aliphatic rings. The molecule has 1 nitrogen and oxygen atoms in total. The van der Waals surface area contributed by atoms with E-state index in [1.165, 1.54) is 29.5 Å². The summed E-state index contributed by atoms with van der Waals surface area (Å²) in [5.41, 5.74) is 4.19. The summed E-state index contributed by atoms with van der Waals surface area (Å²) in [6.45, 7) is 19.1. The Balaban J connectivity index is 0. The Morgan fingerprint density at radius 3 is 1.40 bits per heavy atom. The fourth-order valence-electron chi connectivity index (χ4n) is 2.06. The summed E-state index contributed by atoms with van der Waals surface area (Å²) < 4.78 is 0. The third-order valence-corrected chi connectivity index (χ3v) is 4.15. The molecule has 0 aliphatic carbocycles. The van der Waals surface area contributed by atoms with Gasteiger partial charge in [-0.15, -0.1) is 0 Å². The second-order valence-corrected chi connectivity index (χ2v) is 5.81. The molecule has 0 amide bonds. The summed E-state index contributed by atoms with van der Waals surface area (Å²) in [6.07, 6.45) is 6.12. The van der Waals surface area contributed by atoms with Crippen molar-refractivity contribution >= 4 is 0 Å². The van der Waals surface area contributed by atoms with Crippen LogP contribution in [0.5, 0.6) is 0 Å². The number of pyridine rings is 1. The van der Waals surface area contributed by atoms with Crippen LogP contribution < -0.4 is 0 Å². The molecular formula is C24H41N. The minimum Gasteiger partial charge on any atom is -0.265 e. The summed E-state index contributed by atoms with van der Waals surface area (Å²) in [4.78, 5) is 3.96. The third-order valence-electron chi connectivity index (χ3n) is 4.15. The minimum absolute atomic E-state index is 0.669. The van der Waals surface area contributed by atoms with Crippen molar-refractivity contribution in [3.8, 4) is 0 Å². The van der Waals surface area contributed by atoms with E-state index in [-0.39, 0.29) is 0 Å². The van der Waals surface area contributed by atoms with E-state index in [4.69, 9.17) is 0 Å². The monoisotopic (exact) mass is 343 g/mol. The molecule has 1 aromatic carbocycles. The zero-order valence-electron chi connectivity index (χ0n) is 18.1. The average Bonchev–Trinajstić information content (AvgIpc) is 2.71. The van der Waals surface area contributed by atoms with Crippen molar-refractivity contribution in [1.29, 1.82) is 0 Å². The lowest BCUT2D eigenvalue weighted by atomic mass is 9.98. The molecule has 1 aromatic heterocycles. The first-order chi connectivity index (χ1) is 12.1. The molecule has 1 heteroatoms. The second kappa shape index (κ2) is 17.2. The predicted octanol–water partition coefficient (Wildman–Crippen LogP) is 8.16. The van der Waals surface area contributed by atoms with Crippen LogP contribution in [0.2, 0.25) is 0 Å². The summed E-state index contributed by atoms with van der Waals surface area (Å²) in [6, 6.07) is 13.0. The first kappa shape index (κ1) is 25.6. The molecule has 0 aliphatic heterocycles. The van der Waals surface area contributed by atoms with Crippen molar-refractivity contribution in [3.05, 3.63) is 65.5 Å². The SMILES string of the molecule is CC.CC.CCC(C)c1ccc(C)cc1.CCC(C)c1ccncc1. The maximum Gasteiger partial charge on any atom is 0.0270 e. The zero-order chi connectivity index (χ0) is 19.7. The molecule has 1 heterocycles. The normalized spacial score (nSPS) is 11.4. The Kier molecular flexibility index (Phi) is 17.6. The van der Waals surface area contributed by atoms with Crippen molar-refractivity contribution in [2.45, 2.75) is 87.0 Å². The highest BCUT2D eigenvalue weighted by molar-refractivity contribution is 5.23. The van der Waals surface area contributed by atoms with Gasteiger partial charge in [0.2, 0.25) is 0 Å². The molecule has 25 heavy (non-hydrogen) atoms. The summed E-state index contributed by atoms with van der Waals surface area (Å²) in [5, 5.41) is 0. The van der Waals surface area contributed by atoms with Crippen molar-refractivity contribution < 1.29 is 0 Å². The summed E-state index contributed by atoms with van der Waals surface area (Å²) in [7, 11) is 0. The average molecular weight is 344 g/mol. The molecule has 0 saturated heterocycles. The first-order valence-corrected chi connectivity index (χ1v) is 10.0. The van der Waals surface area contributed by atoms with Crippen LogP contribution in [0.15, 0.2) is 48.8 Å². The van der Waals surface area contributed by atoms with Gasteiger partial charge in [-0.1, -0.05) is 85.2 Å². The van der Waals surface area contributed by atoms with Crippen LogP contribution in [0.3, 0.4) is 0 Å². The highest BCUT2D eigenvalue weighted by Gasteiger charge is 2.00. The topological polar surface area (TPSA) is 12.9 Å². The number of aromatic nitrogens is 1. The number of hydrogen-bond acceptors (Lipinski definition) is 1. The van der Waals surface area contributed by atoms with Crippen LogP contribution >= 0.6 is 0 Å². The Morgan fingerprint density at radius 1 is 0.680 bits per heavy atom. The van der Waals surface area contributed by atoms with E-state index in [1.54, 1.807) is 0 Å². The number of hydrogen-bond donors (Lipinski definition) is 0. The number of benzene rings is 1. The Hall–Kier alpha value is -1.63. The van der Waals surface area contributed by atoms with Crippen molar-refractivity contribution in [3.63, 3.8) is 0 Å². The quantitative estimate of drug-likeness (QED) is 0.545. The molecular weight excluding hydrogens is 302 g/mol. The zero-order valence-corrected chi connectivity index (χ0v) is 18.1. The lowest BCUT2D eigenvalue weighted by molar-refractivity contribution is 0.732. The Morgan fingerprint density at radius 2 is 1.04 bits per heavy atom. The van der Waals surface area contributed by atoms with Gasteiger partial charge >= 0.3 is 0 Å². The minimum atomic E-state index is 0.669. The van der Waals surface area contributed by atoms with E-state index in [2.05, 4.69) is 76.0 Å². The van der Waals surface area contributed by atoms with E-state index in [0.717, 1.165) is 0 Å². The number of rotatable bonds is 4. The highest BCUT2D eigenvalue weighted by Crippen LogP contribution is 2.18. The smallest absolute Gasteiger partial charge is 0.0270 e. The van der Waals surface area contributed by atoms with Gasteiger partial charge in [0.25, 0.3) is 0 Å². The highest BCUT2D eigenvalue weighted by atomic mass is 14.6. The van der Waals surface area contributed by atoms with Gasteiger partial charge in [-0.3, -0.25) is 4.98 Å². The van der Waals surface area contributed by atoms with Gasteiger partial charge in [-0.2, -0.15) is 0 Å². The molecule has 142 valence electrons. The molecule has 2 rings (SSSR count). The Labute approximate surface area is 157 Å². The van der Waals surface area contributed by atoms with E-state index < -0.39 is 0 Å². The van der Waals surface area contributed by atoms with Gasteiger partial charge in [-0.25, -0.2) is 0 Å². The number of aryl methyl sites for hydroxylation is 1. The lowest BCUT2D eigenvalue weighted by Crippen LogP contribution is -1.89. The van der Waals surface area contributed by atoms with Crippen molar-refractivity contribution in [1.82, 2.24) is 4.98 Å². The molecule has 0 fully saturated rings. The second-order valence-electron chi connectivity index (χ2n) is 5.81. The largest absolute Gasteiger partial charge is 0.265 e. The van der Waals surface area contributed by atoms with Gasteiger partial charge in [0.15, 0.2) is 0 Å². The maximum absolute atomic E-state index is 3.96. The Bertz CT molecular complexity index is 487. The van der Waals surface area contributed by atoms with Gasteiger partial charge in [-0.05, 0) is 54.9 Å². The van der Waals surface area contributed by atoms with Crippen molar-refractivity contribution in [2.75, 3.05) is 0 Å². The molecule has 0 saturated carbocycles. The fourth-order valence-corrected chi connectivity index (χ4v) is 2.06. The molecule has 0 N–H and O–H groups in total. The summed E-state index contributed by atoms with van der Waals surface area (Å²) >= 11 is 0. The van der Waals surface area contributed by atoms with E-state index in [9.17, 15) is 0 Å². The van der Waals surface area contributed by atoms with E-state index in [0.29, 0.717) is 11.8 Å². The summed E-state index contributed by atoms with van der Waals surface area (Å²) in [5.74, 6) is 1.37. The van der Waals surface area contributed by atoms with E-state index in [1.807, 2.05) is 40.1 Å². The fraction of sp³-hybridized carbons (Fsp3) is 0.542. The molecule has 2 atom stereocenters. The number of nitrogens with zero attached hydrogens (tertiary/aromatic N) is 1. The third kappa shape index (κ3) is 11.5. The van der Waals surface area contributed by atoms with Gasteiger partial charge in [0, 0.05) is 12.4 Å². The van der Waals surface area contributed by atoms with Crippen molar-refractivity contribution in [2.24, 2.45) is 0 Å². The van der Waals surface area contributed by atoms with Crippen LogP contribution in [0, 0.1) is 6.92 Å². The first-order valence-electron chi connectivity index (χ1n) is 10.0. The molecule has 2 unspecified atom stereocenters. The molecule has 0 radical (unpaired) electrons. The standard InChI is InChI=1S/C11H16.C9H13N.2C2H6/c1-4-10(3)11-7-5-9(2)6-8-11;1-3-8(2)9-4-6-10-7-5-9;2*1-2/h5-8,10H,4H2,1-3H3;4-8H,3H2,1-2H3;2*1-2H3. The van der Waals surface area contributed by atoms with E-state index >= 15 is 0 Å². The van der Waals surface area contributed by atoms with Gasteiger partial charge < -0.3 is 0 Å².